The summed E-state index contributed by atoms with van der Waals surface area (Å²) in [7, 11) is -1.45. The first-order valence-corrected chi connectivity index (χ1v) is 10.2. The van der Waals surface area contributed by atoms with Crippen molar-refractivity contribution in [3.8, 4) is 0 Å². The van der Waals surface area contributed by atoms with Gasteiger partial charge in [-0.1, -0.05) is 31.2 Å². The summed E-state index contributed by atoms with van der Waals surface area (Å²) in [4.78, 5) is 0. The molecule has 2 aliphatic rings. The maximum Gasteiger partial charge on any atom is 0.184 e. The molecule has 2 atom stereocenters. The van der Waals surface area contributed by atoms with Crippen LogP contribution < -0.4 is 0 Å². The molecule has 2 rings (SSSR count). The molecule has 100 valence electrons. The molecule has 3 heteroatoms. The van der Waals surface area contributed by atoms with Crippen LogP contribution in [0.1, 0.15) is 6.92 Å². The van der Waals surface area contributed by atoms with Crippen molar-refractivity contribution in [2.45, 2.75) is 26.6 Å². The lowest BCUT2D eigenvalue weighted by molar-refractivity contribution is 0.195. The predicted molar refractivity (Wildman–Crippen MR) is 78.1 cm³/mol. The van der Waals surface area contributed by atoms with Gasteiger partial charge in [-0.2, -0.15) is 0 Å². The molecular formula is C15H24O2Si. The summed E-state index contributed by atoms with van der Waals surface area (Å²) in [5.74, 6) is 0.951. The minimum Gasteiger partial charge on any atom is -0.413 e. The van der Waals surface area contributed by atoms with Gasteiger partial charge in [0.25, 0.3) is 0 Å². The largest absolute Gasteiger partial charge is 0.413 e. The smallest absolute Gasteiger partial charge is 0.184 e. The van der Waals surface area contributed by atoms with Crippen LogP contribution in [-0.4, -0.2) is 28.1 Å². The molecule has 1 aliphatic heterocycles. The molecule has 0 N–H and O–H groups in total. The van der Waals surface area contributed by atoms with E-state index in [-0.39, 0.29) is 0 Å². The normalized spacial score (nSPS) is 35.8. The summed E-state index contributed by atoms with van der Waals surface area (Å²) in [6.45, 7) is 11.3. The monoisotopic (exact) mass is 264 g/mol. The Hall–Kier alpha value is -0.643. The Balaban J connectivity index is 2.14. The molecule has 0 amide bonds. The van der Waals surface area contributed by atoms with Crippen LogP contribution in [-0.2, 0) is 9.16 Å². The van der Waals surface area contributed by atoms with Crippen LogP contribution in [0.5, 0.6) is 0 Å². The lowest BCUT2D eigenvalue weighted by Crippen LogP contribution is -2.26. The highest BCUT2D eigenvalue weighted by molar-refractivity contribution is 6.69. The van der Waals surface area contributed by atoms with E-state index < -0.39 is 8.32 Å². The van der Waals surface area contributed by atoms with E-state index in [1.54, 1.807) is 0 Å². The quantitative estimate of drug-likeness (QED) is 0.573. The fourth-order valence-electron chi connectivity index (χ4n) is 2.22. The summed E-state index contributed by atoms with van der Waals surface area (Å²) >= 11 is 0. The first-order valence-electron chi connectivity index (χ1n) is 6.75. The SMILES string of the molecule is C[C@@H]1/C=C\[C@@H]2COC/C2=C/C(CO[Si](C)(C)C)=C\1. The fraction of sp³-hybridized carbons (Fsp3) is 0.600. The Morgan fingerprint density at radius 2 is 2.11 bits per heavy atom. The topological polar surface area (TPSA) is 18.5 Å². The van der Waals surface area contributed by atoms with Crippen molar-refractivity contribution in [1.82, 2.24) is 0 Å². The summed E-state index contributed by atoms with van der Waals surface area (Å²) in [6.07, 6.45) is 9.16. The second-order valence-electron chi connectivity index (χ2n) is 6.23. The van der Waals surface area contributed by atoms with Crippen LogP contribution in [0, 0.1) is 11.8 Å². The molecule has 0 unspecified atom stereocenters. The van der Waals surface area contributed by atoms with Crippen molar-refractivity contribution < 1.29 is 9.16 Å². The van der Waals surface area contributed by atoms with Gasteiger partial charge in [0.1, 0.15) is 0 Å². The second kappa shape index (κ2) is 5.55. The number of fused-ring (bicyclic) bond motifs is 1. The van der Waals surface area contributed by atoms with Gasteiger partial charge >= 0.3 is 0 Å². The van der Waals surface area contributed by atoms with Gasteiger partial charge in [0.2, 0.25) is 0 Å². The van der Waals surface area contributed by atoms with Gasteiger partial charge in [-0.15, -0.1) is 0 Å². The first-order chi connectivity index (χ1) is 8.44. The van der Waals surface area contributed by atoms with Crippen LogP contribution >= 0.6 is 0 Å². The van der Waals surface area contributed by atoms with E-state index in [1.165, 1.54) is 11.1 Å². The molecule has 1 heterocycles. The molecule has 0 aromatic rings. The van der Waals surface area contributed by atoms with Crippen LogP contribution in [0.4, 0.5) is 0 Å². The molecule has 1 saturated heterocycles. The minimum atomic E-state index is -1.45. The molecule has 0 radical (unpaired) electrons. The maximum atomic E-state index is 6.02. The fourth-order valence-corrected chi connectivity index (χ4v) is 2.82. The second-order valence-corrected chi connectivity index (χ2v) is 10.7. The maximum absolute atomic E-state index is 6.02. The van der Waals surface area contributed by atoms with Crippen molar-refractivity contribution in [2.24, 2.45) is 11.8 Å². The Morgan fingerprint density at radius 3 is 2.83 bits per heavy atom. The molecule has 0 spiro atoms. The Kier molecular flexibility index (Phi) is 4.25. The average Bonchev–Trinajstić information content (AvgIpc) is 2.66. The molecule has 2 nitrogen and oxygen atoms in total. The molecule has 18 heavy (non-hydrogen) atoms. The summed E-state index contributed by atoms with van der Waals surface area (Å²) < 4.78 is 11.6. The third-order valence-electron chi connectivity index (χ3n) is 3.21. The van der Waals surface area contributed by atoms with E-state index in [0.717, 1.165) is 19.8 Å². The van der Waals surface area contributed by atoms with Crippen LogP contribution in [0.15, 0.2) is 35.5 Å². The summed E-state index contributed by atoms with van der Waals surface area (Å²) in [6, 6.07) is 0. The highest BCUT2D eigenvalue weighted by Crippen LogP contribution is 2.26. The predicted octanol–water partition coefficient (Wildman–Crippen LogP) is 3.54. The molecule has 0 saturated carbocycles. The molecular weight excluding hydrogens is 240 g/mol. The zero-order valence-corrected chi connectivity index (χ0v) is 12.9. The number of rotatable bonds is 3. The number of ether oxygens (including phenoxy) is 1. The van der Waals surface area contributed by atoms with Gasteiger partial charge in [-0.25, -0.2) is 0 Å². The van der Waals surface area contributed by atoms with Crippen molar-refractivity contribution in [3.05, 3.63) is 35.5 Å². The standard InChI is InChI=1S/C15H24O2Si/c1-12-5-6-14-10-16-11-15(14)8-13(7-12)9-17-18(2,3)4/h5-8,12,14H,9-11H2,1-4H3/b6-5-,13-7+,15-8-/t12-,14-/m1/s1. The van der Waals surface area contributed by atoms with Gasteiger partial charge in [0.05, 0.1) is 19.8 Å². The van der Waals surface area contributed by atoms with Gasteiger partial charge in [0, 0.05) is 5.92 Å². The summed E-state index contributed by atoms with van der Waals surface area (Å²) in [5, 5.41) is 0. The van der Waals surface area contributed by atoms with Gasteiger partial charge < -0.3 is 9.16 Å². The highest BCUT2D eigenvalue weighted by atomic mass is 28.4. The van der Waals surface area contributed by atoms with Crippen molar-refractivity contribution in [2.75, 3.05) is 19.8 Å². The van der Waals surface area contributed by atoms with E-state index in [2.05, 4.69) is 50.9 Å². The highest BCUT2D eigenvalue weighted by Gasteiger charge is 2.21. The van der Waals surface area contributed by atoms with Gasteiger partial charge in [-0.3, -0.25) is 0 Å². The van der Waals surface area contributed by atoms with Crippen molar-refractivity contribution >= 4 is 8.32 Å². The zero-order valence-electron chi connectivity index (χ0n) is 11.9. The van der Waals surface area contributed by atoms with Crippen LogP contribution in [0.3, 0.4) is 0 Å². The third kappa shape index (κ3) is 3.94. The summed E-state index contributed by atoms with van der Waals surface area (Å²) in [5.41, 5.74) is 2.70. The molecule has 0 aromatic carbocycles. The van der Waals surface area contributed by atoms with Crippen LogP contribution in [0.2, 0.25) is 19.6 Å². The van der Waals surface area contributed by atoms with Crippen molar-refractivity contribution in [3.63, 3.8) is 0 Å². The van der Waals surface area contributed by atoms with Crippen molar-refractivity contribution in [1.29, 1.82) is 0 Å². The Labute approximate surface area is 111 Å². The lowest BCUT2D eigenvalue weighted by Gasteiger charge is -2.19. The molecule has 1 aliphatic carbocycles. The van der Waals surface area contributed by atoms with E-state index in [0.29, 0.717) is 11.8 Å². The van der Waals surface area contributed by atoms with Gasteiger partial charge in [0.15, 0.2) is 8.32 Å². The van der Waals surface area contributed by atoms with Gasteiger partial charge in [-0.05, 0) is 36.7 Å². The Bertz CT molecular complexity index is 388. The molecule has 0 aromatic heterocycles. The van der Waals surface area contributed by atoms with E-state index in [4.69, 9.17) is 9.16 Å². The van der Waals surface area contributed by atoms with E-state index in [9.17, 15) is 0 Å². The molecule has 1 fully saturated rings. The van der Waals surface area contributed by atoms with Crippen LogP contribution in [0.25, 0.3) is 0 Å². The first kappa shape index (κ1) is 13.8. The number of hydrogen-bond acceptors (Lipinski definition) is 2. The number of hydrogen-bond donors (Lipinski definition) is 0. The molecule has 0 bridgehead atoms. The average molecular weight is 264 g/mol. The lowest BCUT2D eigenvalue weighted by atomic mass is 9.94. The Morgan fingerprint density at radius 1 is 1.33 bits per heavy atom. The van der Waals surface area contributed by atoms with E-state index in [1.807, 2.05) is 0 Å². The third-order valence-corrected chi connectivity index (χ3v) is 4.22. The zero-order chi connectivity index (χ0) is 13.2. The minimum absolute atomic E-state index is 0.475. The van der Waals surface area contributed by atoms with E-state index >= 15 is 0 Å². The number of allylic oxidation sites excluding steroid dienone is 2.